The first-order valence-corrected chi connectivity index (χ1v) is 10.8. The van der Waals surface area contributed by atoms with E-state index in [1.807, 2.05) is 24.5 Å². The molecule has 0 amide bonds. The summed E-state index contributed by atoms with van der Waals surface area (Å²) in [6.45, 7) is 11.3. The molecule has 2 heterocycles. The zero-order valence-electron chi connectivity index (χ0n) is 17.1. The summed E-state index contributed by atoms with van der Waals surface area (Å²) < 4.78 is 0. The van der Waals surface area contributed by atoms with Gasteiger partial charge in [-0.1, -0.05) is 72.0 Å². The highest BCUT2D eigenvalue weighted by atomic mass is 32.1. The molecule has 0 aliphatic carbocycles. The first kappa shape index (κ1) is 21.1. The van der Waals surface area contributed by atoms with Gasteiger partial charge in [-0.2, -0.15) is 0 Å². The Bertz CT molecular complexity index is 538. The van der Waals surface area contributed by atoms with Gasteiger partial charge in [-0.25, -0.2) is 0 Å². The summed E-state index contributed by atoms with van der Waals surface area (Å²) in [5, 5.41) is 3.59. The molecular formula is C22H37N3S. The monoisotopic (exact) mass is 375 g/mol. The highest BCUT2D eigenvalue weighted by Gasteiger charge is 2.37. The summed E-state index contributed by atoms with van der Waals surface area (Å²) in [4.78, 5) is 7.82. The van der Waals surface area contributed by atoms with Gasteiger partial charge in [-0.3, -0.25) is 4.98 Å². The number of aromatic nitrogens is 1. The Morgan fingerprint density at radius 2 is 1.88 bits per heavy atom. The first-order valence-electron chi connectivity index (χ1n) is 10.4. The largest absolute Gasteiger partial charge is 0.383 e. The Hall–Kier alpha value is -1.16. The van der Waals surface area contributed by atoms with E-state index >= 15 is 0 Å². The van der Waals surface area contributed by atoms with Crippen LogP contribution in [0, 0.1) is 11.3 Å². The zero-order chi connectivity index (χ0) is 19.0. The van der Waals surface area contributed by atoms with Gasteiger partial charge >= 0.3 is 0 Å². The van der Waals surface area contributed by atoms with Crippen molar-refractivity contribution in [3.8, 4) is 0 Å². The van der Waals surface area contributed by atoms with Crippen LogP contribution in [0.2, 0.25) is 0 Å². The van der Waals surface area contributed by atoms with E-state index in [0.29, 0.717) is 12.0 Å². The second-order valence-corrected chi connectivity index (χ2v) is 9.14. The summed E-state index contributed by atoms with van der Waals surface area (Å²) in [7, 11) is 0. The van der Waals surface area contributed by atoms with E-state index in [4.69, 9.17) is 12.2 Å². The average molecular weight is 376 g/mol. The highest BCUT2D eigenvalue weighted by Crippen LogP contribution is 2.33. The topological polar surface area (TPSA) is 28.2 Å². The Labute approximate surface area is 166 Å². The summed E-state index contributed by atoms with van der Waals surface area (Å²) in [6.07, 6.45) is 12.9. The molecule has 0 saturated carbocycles. The fourth-order valence-electron chi connectivity index (χ4n) is 3.90. The van der Waals surface area contributed by atoms with Crippen molar-refractivity contribution < 1.29 is 0 Å². The number of pyridine rings is 1. The Balaban J connectivity index is 1.90. The molecule has 1 saturated heterocycles. The Morgan fingerprint density at radius 1 is 1.19 bits per heavy atom. The van der Waals surface area contributed by atoms with Crippen LogP contribution < -0.4 is 5.32 Å². The van der Waals surface area contributed by atoms with Gasteiger partial charge in [0.1, 0.15) is 0 Å². The van der Waals surface area contributed by atoms with Gasteiger partial charge in [-0.05, 0) is 30.4 Å². The van der Waals surface area contributed by atoms with Gasteiger partial charge in [-0.15, -0.1) is 0 Å². The van der Waals surface area contributed by atoms with Crippen LogP contribution in [0.15, 0.2) is 24.5 Å². The second-order valence-electron chi connectivity index (χ2n) is 8.72. The molecule has 3 nitrogen and oxygen atoms in total. The van der Waals surface area contributed by atoms with Crippen molar-refractivity contribution in [1.82, 2.24) is 9.88 Å². The third-order valence-electron chi connectivity index (χ3n) is 5.56. The van der Waals surface area contributed by atoms with Gasteiger partial charge in [0.15, 0.2) is 0 Å². The highest BCUT2D eigenvalue weighted by molar-refractivity contribution is 7.80. The quantitative estimate of drug-likeness (QED) is 0.406. The third kappa shape index (κ3) is 6.22. The van der Waals surface area contributed by atoms with Gasteiger partial charge in [0.05, 0.1) is 11.0 Å². The van der Waals surface area contributed by atoms with E-state index in [1.54, 1.807) is 0 Å². The normalized spacial score (nSPS) is 19.0. The molecular weight excluding hydrogens is 338 g/mol. The van der Waals surface area contributed by atoms with Crippen LogP contribution in [-0.2, 0) is 0 Å². The first-order chi connectivity index (χ1) is 12.4. The molecule has 0 radical (unpaired) electrons. The Kier molecular flexibility index (Phi) is 8.33. The molecule has 1 aromatic heterocycles. The molecule has 146 valence electrons. The minimum Gasteiger partial charge on any atom is -0.383 e. The van der Waals surface area contributed by atoms with Gasteiger partial charge < -0.3 is 10.2 Å². The van der Waals surface area contributed by atoms with E-state index in [0.717, 1.165) is 18.8 Å². The molecule has 2 rings (SSSR count). The van der Waals surface area contributed by atoms with E-state index in [1.165, 1.54) is 49.9 Å². The van der Waals surface area contributed by atoms with Crippen LogP contribution in [0.25, 0.3) is 0 Å². The molecule has 1 aliphatic rings. The maximum absolute atomic E-state index is 5.93. The van der Waals surface area contributed by atoms with Crippen LogP contribution in [0.4, 0.5) is 5.69 Å². The molecule has 0 aromatic carbocycles. The minimum absolute atomic E-state index is 0.181. The number of anilines is 1. The second kappa shape index (κ2) is 10.2. The van der Waals surface area contributed by atoms with Crippen LogP contribution in [0.1, 0.15) is 72.6 Å². The lowest BCUT2D eigenvalue weighted by Gasteiger charge is -2.40. The number of nitrogens with zero attached hydrogens (tertiary/aromatic N) is 2. The van der Waals surface area contributed by atoms with E-state index < -0.39 is 0 Å². The number of hydrogen-bond donors (Lipinski definition) is 1. The zero-order valence-corrected chi connectivity index (χ0v) is 17.9. The fourth-order valence-corrected chi connectivity index (χ4v) is 4.36. The lowest BCUT2D eigenvalue weighted by atomic mass is 9.85. The van der Waals surface area contributed by atoms with Crippen molar-refractivity contribution >= 4 is 22.9 Å². The summed E-state index contributed by atoms with van der Waals surface area (Å²) in [5.41, 5.74) is 1.31. The van der Waals surface area contributed by atoms with Gasteiger partial charge in [0.2, 0.25) is 0 Å². The lowest BCUT2D eigenvalue weighted by molar-refractivity contribution is 0.189. The number of rotatable bonds is 10. The maximum Gasteiger partial charge on any atom is 0.0814 e. The number of hydrogen-bond acceptors (Lipinski definition) is 3. The van der Waals surface area contributed by atoms with Crippen molar-refractivity contribution in [2.75, 3.05) is 18.4 Å². The fraction of sp³-hybridized carbons (Fsp3) is 0.727. The predicted octanol–water partition coefficient (Wildman–Crippen LogP) is 5.92. The van der Waals surface area contributed by atoms with Gasteiger partial charge in [0.25, 0.3) is 0 Å². The Morgan fingerprint density at radius 3 is 2.54 bits per heavy atom. The number of unbranched alkanes of at least 4 members (excludes halogenated alkanes) is 4. The molecule has 1 fully saturated rings. The average Bonchev–Trinajstić information content (AvgIpc) is 2.95. The minimum atomic E-state index is 0.181. The lowest BCUT2D eigenvalue weighted by Crippen LogP contribution is -2.49. The van der Waals surface area contributed by atoms with Gasteiger partial charge in [0, 0.05) is 37.1 Å². The number of likely N-dealkylation sites (tertiary alicyclic amines) is 1. The molecule has 4 heteroatoms. The molecule has 0 spiro atoms. The molecule has 1 N–H and O–H groups in total. The number of thiocarbonyl (C=S) groups is 1. The van der Waals surface area contributed by atoms with Crippen LogP contribution in [0.3, 0.4) is 0 Å². The predicted molar refractivity (Wildman–Crippen MR) is 117 cm³/mol. The van der Waals surface area contributed by atoms with E-state index in [2.05, 4.69) is 42.9 Å². The van der Waals surface area contributed by atoms with Crippen molar-refractivity contribution in [1.29, 1.82) is 0 Å². The number of nitrogens with one attached hydrogen (secondary N) is 1. The smallest absolute Gasteiger partial charge is 0.0814 e. The summed E-state index contributed by atoms with van der Waals surface area (Å²) in [5.74, 6) is 0.609. The molecule has 26 heavy (non-hydrogen) atoms. The molecule has 2 unspecified atom stereocenters. The molecule has 2 atom stereocenters. The van der Waals surface area contributed by atoms with Crippen molar-refractivity contribution in [2.45, 2.75) is 78.7 Å². The third-order valence-corrected chi connectivity index (χ3v) is 6.13. The molecule has 1 aromatic rings. The molecule has 0 bridgehead atoms. The summed E-state index contributed by atoms with van der Waals surface area (Å²) in [6, 6.07) is 4.47. The van der Waals surface area contributed by atoms with Crippen molar-refractivity contribution in [3.63, 3.8) is 0 Å². The van der Waals surface area contributed by atoms with Crippen molar-refractivity contribution in [2.24, 2.45) is 11.3 Å². The maximum atomic E-state index is 5.93. The van der Waals surface area contributed by atoms with Crippen LogP contribution in [-0.4, -0.2) is 34.0 Å². The summed E-state index contributed by atoms with van der Waals surface area (Å²) >= 11 is 5.93. The SMILES string of the molecule is CCCCCCCC1CCN(C(CNc2ccncc2)C(C)(C)C)C1=S. The van der Waals surface area contributed by atoms with Crippen LogP contribution >= 0.6 is 12.2 Å². The van der Waals surface area contributed by atoms with Crippen molar-refractivity contribution in [3.05, 3.63) is 24.5 Å². The van der Waals surface area contributed by atoms with Crippen LogP contribution in [0.5, 0.6) is 0 Å². The van der Waals surface area contributed by atoms with E-state index in [-0.39, 0.29) is 5.41 Å². The standard InChI is InChI=1S/C22H37N3S/c1-5-6-7-8-9-10-18-13-16-25(21(18)26)20(22(2,3)4)17-24-19-11-14-23-15-12-19/h11-12,14-15,18,20H,5-10,13,16-17H2,1-4H3,(H,23,24). The molecule has 1 aliphatic heterocycles. The van der Waals surface area contributed by atoms with E-state index in [9.17, 15) is 0 Å².